The molecular formula is C18H24N2O4S. The second-order valence-electron chi connectivity index (χ2n) is 7.21. The molecule has 1 aromatic heterocycles. The van der Waals surface area contributed by atoms with Crippen LogP contribution in [0.3, 0.4) is 0 Å². The molecule has 1 aromatic carbocycles. The van der Waals surface area contributed by atoms with E-state index in [4.69, 9.17) is 4.52 Å². The fraction of sp³-hybridized carbons (Fsp3) is 0.444. The molecule has 1 unspecified atom stereocenters. The maximum atomic E-state index is 12.5. The third-order valence-electron chi connectivity index (χ3n) is 3.97. The van der Waals surface area contributed by atoms with Crippen LogP contribution in [0.2, 0.25) is 0 Å². The van der Waals surface area contributed by atoms with Crippen LogP contribution in [-0.4, -0.2) is 24.7 Å². The van der Waals surface area contributed by atoms with E-state index in [1.807, 2.05) is 12.1 Å². The van der Waals surface area contributed by atoms with E-state index in [1.165, 1.54) is 13.0 Å². The van der Waals surface area contributed by atoms with Crippen molar-refractivity contribution in [1.29, 1.82) is 0 Å². The number of nitrogens with one attached hydrogen (secondary N) is 1. The second kappa shape index (κ2) is 7.00. The number of carbonyl (C=O) groups is 1. The molecule has 1 amide bonds. The number of benzene rings is 1. The van der Waals surface area contributed by atoms with Gasteiger partial charge in [-0.1, -0.05) is 50.2 Å². The Labute approximate surface area is 148 Å². The van der Waals surface area contributed by atoms with Gasteiger partial charge in [-0.3, -0.25) is 4.79 Å². The average Bonchev–Trinajstić information content (AvgIpc) is 2.90. The van der Waals surface area contributed by atoms with Gasteiger partial charge in [-0.05, 0) is 30.4 Å². The first-order valence-corrected chi connectivity index (χ1v) is 9.76. The third-order valence-corrected chi connectivity index (χ3v) is 6.00. The van der Waals surface area contributed by atoms with Crippen molar-refractivity contribution in [2.75, 3.05) is 5.32 Å². The number of sulfone groups is 1. The molecule has 0 aliphatic heterocycles. The lowest BCUT2D eigenvalue weighted by atomic mass is 9.87. The summed E-state index contributed by atoms with van der Waals surface area (Å²) in [6.45, 7) is 9.34. The van der Waals surface area contributed by atoms with Crippen LogP contribution in [0.5, 0.6) is 0 Å². The topological polar surface area (TPSA) is 89.3 Å². The van der Waals surface area contributed by atoms with Crippen molar-refractivity contribution >= 4 is 21.6 Å². The number of hydrogen-bond donors (Lipinski definition) is 1. The molecule has 0 spiro atoms. The molecule has 0 aliphatic rings. The zero-order valence-electron chi connectivity index (χ0n) is 15.2. The van der Waals surface area contributed by atoms with Crippen molar-refractivity contribution in [2.24, 2.45) is 0 Å². The van der Waals surface area contributed by atoms with Crippen molar-refractivity contribution in [3.63, 3.8) is 0 Å². The molecule has 7 heteroatoms. The van der Waals surface area contributed by atoms with Crippen molar-refractivity contribution in [3.05, 3.63) is 47.2 Å². The summed E-state index contributed by atoms with van der Waals surface area (Å²) in [6.07, 6.45) is 0. The second-order valence-corrected chi connectivity index (χ2v) is 9.53. The normalized spacial score (nSPS) is 13.5. The Morgan fingerprint density at radius 3 is 2.32 bits per heavy atom. The third kappa shape index (κ3) is 4.92. The molecule has 0 aliphatic carbocycles. The fourth-order valence-corrected chi connectivity index (χ4v) is 3.57. The Bertz CT molecular complexity index is 846. The summed E-state index contributed by atoms with van der Waals surface area (Å²) in [5.74, 6) is -0.0763. The number of aryl methyl sites for hydroxylation is 1. The van der Waals surface area contributed by atoms with Gasteiger partial charge in [0.1, 0.15) is 11.0 Å². The van der Waals surface area contributed by atoms with Gasteiger partial charge < -0.3 is 9.84 Å². The molecular weight excluding hydrogens is 340 g/mol. The predicted molar refractivity (Wildman–Crippen MR) is 97.1 cm³/mol. The van der Waals surface area contributed by atoms with Gasteiger partial charge in [0.15, 0.2) is 15.7 Å². The van der Waals surface area contributed by atoms with E-state index < -0.39 is 21.0 Å². The minimum absolute atomic E-state index is 0.000305. The predicted octanol–water partition coefficient (Wildman–Crippen LogP) is 3.22. The molecule has 25 heavy (non-hydrogen) atoms. The number of aromatic nitrogens is 1. The van der Waals surface area contributed by atoms with Crippen LogP contribution >= 0.6 is 0 Å². The number of carbonyl (C=O) groups excluding carboxylic acids is 1. The van der Waals surface area contributed by atoms with Crippen molar-refractivity contribution in [1.82, 2.24) is 5.16 Å². The maximum absolute atomic E-state index is 12.5. The van der Waals surface area contributed by atoms with Crippen LogP contribution in [0.1, 0.15) is 44.6 Å². The smallest absolute Gasteiger partial charge is 0.243 e. The number of hydrogen-bond acceptors (Lipinski definition) is 5. The molecule has 0 bridgehead atoms. The van der Waals surface area contributed by atoms with Crippen LogP contribution in [0.25, 0.3) is 0 Å². The monoisotopic (exact) mass is 364 g/mol. The molecule has 0 saturated carbocycles. The first-order valence-electron chi connectivity index (χ1n) is 8.04. The zero-order chi connectivity index (χ0) is 18.8. The summed E-state index contributed by atoms with van der Waals surface area (Å²) in [5.41, 5.74) is 1.78. The standard InChI is InChI=1S/C18H24N2O4S/c1-12-10-16(20-24-12)19-17(21)13(2)25(22,23)11-14-6-8-15(9-7-14)18(3,4)5/h6-10,13H,11H2,1-5H3,(H,19,20,21). The Kier molecular flexibility index (Phi) is 5.37. The Morgan fingerprint density at radius 1 is 1.24 bits per heavy atom. The van der Waals surface area contributed by atoms with E-state index in [2.05, 4.69) is 31.2 Å². The molecule has 2 rings (SSSR count). The van der Waals surface area contributed by atoms with E-state index in [0.717, 1.165) is 5.56 Å². The van der Waals surface area contributed by atoms with Crippen LogP contribution in [0.15, 0.2) is 34.9 Å². The average molecular weight is 364 g/mol. The summed E-state index contributed by atoms with van der Waals surface area (Å²) in [6, 6.07) is 8.97. The van der Waals surface area contributed by atoms with Crippen LogP contribution in [0, 0.1) is 6.92 Å². The Hall–Kier alpha value is -2.15. The molecule has 0 radical (unpaired) electrons. The van der Waals surface area contributed by atoms with Gasteiger partial charge in [0.25, 0.3) is 0 Å². The van der Waals surface area contributed by atoms with Crippen LogP contribution in [0.4, 0.5) is 5.82 Å². The lowest BCUT2D eigenvalue weighted by Gasteiger charge is -2.19. The number of nitrogens with zero attached hydrogens (tertiary/aromatic N) is 1. The van der Waals surface area contributed by atoms with Gasteiger partial charge in [-0.15, -0.1) is 0 Å². The van der Waals surface area contributed by atoms with Gasteiger partial charge in [0, 0.05) is 6.07 Å². The minimum Gasteiger partial charge on any atom is -0.360 e. The molecule has 2 aromatic rings. The first-order chi connectivity index (χ1) is 11.5. The SMILES string of the molecule is Cc1cc(NC(=O)C(C)S(=O)(=O)Cc2ccc(C(C)(C)C)cc2)no1. The Balaban J connectivity index is 2.08. The van der Waals surface area contributed by atoms with Crippen molar-refractivity contribution in [3.8, 4) is 0 Å². The van der Waals surface area contributed by atoms with E-state index in [1.54, 1.807) is 19.1 Å². The van der Waals surface area contributed by atoms with Gasteiger partial charge >= 0.3 is 0 Å². The van der Waals surface area contributed by atoms with E-state index >= 15 is 0 Å². The van der Waals surface area contributed by atoms with Crippen LogP contribution < -0.4 is 5.32 Å². The van der Waals surface area contributed by atoms with E-state index in [0.29, 0.717) is 11.3 Å². The molecule has 6 nitrogen and oxygen atoms in total. The lowest BCUT2D eigenvalue weighted by molar-refractivity contribution is -0.115. The highest BCUT2D eigenvalue weighted by molar-refractivity contribution is 7.92. The molecule has 0 fully saturated rings. The van der Waals surface area contributed by atoms with Crippen molar-refractivity contribution < 1.29 is 17.7 Å². The largest absolute Gasteiger partial charge is 0.360 e. The number of anilines is 1. The van der Waals surface area contributed by atoms with E-state index in [-0.39, 0.29) is 17.0 Å². The highest BCUT2D eigenvalue weighted by Crippen LogP contribution is 2.23. The van der Waals surface area contributed by atoms with Gasteiger partial charge in [-0.25, -0.2) is 8.42 Å². The molecule has 136 valence electrons. The zero-order valence-corrected chi connectivity index (χ0v) is 16.0. The summed E-state index contributed by atoms with van der Waals surface area (Å²) in [5, 5.41) is 4.91. The summed E-state index contributed by atoms with van der Waals surface area (Å²) in [7, 11) is -3.64. The van der Waals surface area contributed by atoms with Gasteiger partial charge in [0.05, 0.1) is 5.75 Å². The highest BCUT2D eigenvalue weighted by atomic mass is 32.2. The summed E-state index contributed by atoms with van der Waals surface area (Å²) >= 11 is 0. The summed E-state index contributed by atoms with van der Waals surface area (Å²) in [4.78, 5) is 12.2. The molecule has 1 N–H and O–H groups in total. The van der Waals surface area contributed by atoms with Gasteiger partial charge in [0.2, 0.25) is 5.91 Å². The van der Waals surface area contributed by atoms with Crippen LogP contribution in [-0.2, 0) is 25.8 Å². The summed E-state index contributed by atoms with van der Waals surface area (Å²) < 4.78 is 29.9. The quantitative estimate of drug-likeness (QED) is 0.880. The first kappa shape index (κ1) is 19.2. The molecule has 1 heterocycles. The van der Waals surface area contributed by atoms with Gasteiger partial charge in [-0.2, -0.15) is 0 Å². The minimum atomic E-state index is -3.64. The lowest BCUT2D eigenvalue weighted by Crippen LogP contribution is -2.33. The number of rotatable bonds is 5. The number of amides is 1. The molecule has 1 atom stereocenters. The fourth-order valence-electron chi connectivity index (χ4n) is 2.27. The van der Waals surface area contributed by atoms with Crippen molar-refractivity contribution in [2.45, 2.75) is 51.0 Å². The maximum Gasteiger partial charge on any atom is 0.243 e. The van der Waals surface area contributed by atoms with E-state index in [9.17, 15) is 13.2 Å². The highest BCUT2D eigenvalue weighted by Gasteiger charge is 2.29. The molecule has 0 saturated heterocycles. The Morgan fingerprint density at radius 2 is 1.84 bits per heavy atom.